The van der Waals surface area contributed by atoms with Crippen LogP contribution in [0.1, 0.15) is 40.5 Å². The summed E-state index contributed by atoms with van der Waals surface area (Å²) >= 11 is 0. The topological polar surface area (TPSA) is 83.5 Å². The monoisotopic (exact) mass is 335 g/mol. The van der Waals surface area contributed by atoms with Crippen LogP contribution in [0, 0.1) is 0 Å². The van der Waals surface area contributed by atoms with E-state index in [1.54, 1.807) is 6.92 Å². The fourth-order valence-electron chi connectivity index (χ4n) is 2.64. The predicted octanol–water partition coefficient (Wildman–Crippen LogP) is 1.68. The Morgan fingerprint density at radius 2 is 1.86 bits per heavy atom. The van der Waals surface area contributed by atoms with Crippen LogP contribution in [0.5, 0.6) is 0 Å². The molecule has 0 saturated heterocycles. The molecule has 0 fully saturated rings. The molecule has 0 bridgehead atoms. The lowest BCUT2D eigenvalue weighted by Gasteiger charge is -2.42. The van der Waals surface area contributed by atoms with E-state index in [0.717, 1.165) is 19.6 Å². The number of nitrogens with zero attached hydrogens (tertiary/aromatic N) is 1. The van der Waals surface area contributed by atoms with Crippen molar-refractivity contribution in [2.24, 2.45) is 0 Å². The zero-order valence-electron chi connectivity index (χ0n) is 14.1. The Morgan fingerprint density at radius 1 is 1.32 bits per heavy atom. The van der Waals surface area contributed by atoms with Crippen LogP contribution in [0.15, 0.2) is 12.2 Å². The molecular formula is C15H29NO5S. The summed E-state index contributed by atoms with van der Waals surface area (Å²) in [6.45, 7) is 14.0. The number of carbonyl (C=O) groups is 1. The summed E-state index contributed by atoms with van der Waals surface area (Å²) < 4.78 is 38.2. The summed E-state index contributed by atoms with van der Waals surface area (Å²) in [6, 6.07) is 0.0653. The first-order valence-electron chi connectivity index (χ1n) is 7.70. The van der Waals surface area contributed by atoms with Gasteiger partial charge in [0.25, 0.3) is 0 Å². The van der Waals surface area contributed by atoms with Crippen LogP contribution in [0.4, 0.5) is 0 Å². The number of quaternary nitrogens is 1. The molecule has 1 atom stereocenters. The van der Waals surface area contributed by atoms with E-state index < -0.39 is 16.1 Å². The number of ether oxygens (including phenoxy) is 1. The third kappa shape index (κ3) is 7.38. The second-order valence-electron chi connectivity index (χ2n) is 5.74. The van der Waals surface area contributed by atoms with Crippen molar-refractivity contribution in [2.45, 2.75) is 46.6 Å². The second kappa shape index (κ2) is 9.27. The minimum Gasteiger partial charge on any atom is -0.748 e. The molecule has 0 N–H and O–H groups in total. The highest BCUT2D eigenvalue weighted by Gasteiger charge is 2.30. The summed E-state index contributed by atoms with van der Waals surface area (Å²) in [5.41, 5.74) is 0.376. The molecule has 7 heteroatoms. The average molecular weight is 335 g/mol. The van der Waals surface area contributed by atoms with Crippen LogP contribution in [-0.4, -0.2) is 61.5 Å². The van der Waals surface area contributed by atoms with Crippen LogP contribution in [-0.2, 0) is 19.6 Å². The first kappa shape index (κ1) is 21.1. The molecule has 0 aliphatic carbocycles. The lowest BCUT2D eigenvalue weighted by Crippen LogP contribution is -2.55. The molecule has 0 aromatic heterocycles. The zero-order chi connectivity index (χ0) is 17.4. The van der Waals surface area contributed by atoms with E-state index in [-0.39, 0.29) is 11.8 Å². The van der Waals surface area contributed by atoms with Gasteiger partial charge in [0.2, 0.25) is 0 Å². The summed E-state index contributed by atoms with van der Waals surface area (Å²) in [6.07, 6.45) is 1.04. The summed E-state index contributed by atoms with van der Waals surface area (Å²) in [4.78, 5) is 11.3. The summed E-state index contributed by atoms with van der Waals surface area (Å²) in [5, 5.41) is 0. The Kier molecular flexibility index (Phi) is 8.88. The molecule has 0 amide bonds. The van der Waals surface area contributed by atoms with Gasteiger partial charge in [0.1, 0.15) is 0 Å². The van der Waals surface area contributed by atoms with Crippen molar-refractivity contribution in [2.75, 3.05) is 32.0 Å². The molecule has 130 valence electrons. The number of hydrogen-bond donors (Lipinski definition) is 0. The van der Waals surface area contributed by atoms with Gasteiger partial charge < -0.3 is 13.8 Å². The maximum Gasteiger partial charge on any atom is 0.333 e. The molecule has 0 aliphatic rings. The molecule has 0 rings (SSSR count). The minimum absolute atomic E-state index is 0.0653. The molecule has 0 aromatic rings. The molecule has 22 heavy (non-hydrogen) atoms. The third-order valence-electron chi connectivity index (χ3n) is 4.31. The first-order chi connectivity index (χ1) is 10.1. The highest BCUT2D eigenvalue weighted by Crippen LogP contribution is 2.18. The molecule has 1 unspecified atom stereocenters. The van der Waals surface area contributed by atoms with E-state index in [1.165, 1.54) is 0 Å². The van der Waals surface area contributed by atoms with Gasteiger partial charge in [-0.2, -0.15) is 0 Å². The van der Waals surface area contributed by atoms with Crippen LogP contribution < -0.4 is 0 Å². The molecule has 0 aromatic carbocycles. The van der Waals surface area contributed by atoms with Gasteiger partial charge in [0.05, 0.1) is 42.4 Å². The van der Waals surface area contributed by atoms with E-state index in [9.17, 15) is 17.8 Å². The average Bonchev–Trinajstić information content (AvgIpc) is 2.44. The molecule has 0 spiro atoms. The van der Waals surface area contributed by atoms with E-state index in [2.05, 4.69) is 6.58 Å². The van der Waals surface area contributed by atoms with Crippen molar-refractivity contribution in [3.05, 3.63) is 12.2 Å². The quantitative estimate of drug-likeness (QED) is 0.189. The first-order valence-corrected chi connectivity index (χ1v) is 9.27. The Hall–Kier alpha value is -0.920. The maximum absolute atomic E-state index is 11.3. The van der Waals surface area contributed by atoms with Crippen LogP contribution in [0.2, 0.25) is 0 Å². The second-order valence-corrected chi connectivity index (χ2v) is 7.27. The van der Waals surface area contributed by atoms with Crippen molar-refractivity contribution in [1.82, 2.24) is 0 Å². The van der Waals surface area contributed by atoms with Gasteiger partial charge in [0.15, 0.2) is 0 Å². The van der Waals surface area contributed by atoms with Gasteiger partial charge in [-0.1, -0.05) is 6.58 Å². The van der Waals surface area contributed by atoms with E-state index in [4.69, 9.17) is 4.74 Å². The van der Waals surface area contributed by atoms with E-state index >= 15 is 0 Å². The van der Waals surface area contributed by atoms with Gasteiger partial charge in [-0.05, 0) is 27.7 Å². The van der Waals surface area contributed by atoms with E-state index in [0.29, 0.717) is 29.5 Å². The van der Waals surface area contributed by atoms with Gasteiger partial charge in [-0.25, -0.2) is 13.2 Å². The molecule has 0 aliphatic heterocycles. The molecule has 0 heterocycles. The van der Waals surface area contributed by atoms with Gasteiger partial charge in [0, 0.05) is 24.2 Å². The van der Waals surface area contributed by atoms with E-state index in [1.807, 2.05) is 20.8 Å². The smallest absolute Gasteiger partial charge is 0.333 e. The number of rotatable bonds is 11. The highest BCUT2D eigenvalue weighted by atomic mass is 32.2. The lowest BCUT2D eigenvalue weighted by molar-refractivity contribution is -0.946. The van der Waals surface area contributed by atoms with Crippen LogP contribution >= 0.6 is 0 Å². The SMILES string of the molecule is C=C(C)C(=O)OCCC[N+](CC)(CC)C(C)CCS(=O)(=O)[O-]. The van der Waals surface area contributed by atoms with Crippen molar-refractivity contribution in [3.8, 4) is 0 Å². The molecule has 0 saturated carbocycles. The highest BCUT2D eigenvalue weighted by molar-refractivity contribution is 7.85. The standard InChI is InChI=1S/C15H29NO5S/c1-6-16(7-2,14(5)9-12-22(18,19)20)10-8-11-21-15(17)13(3)4/h14H,3,6-12H2,1-2,4-5H3. The predicted molar refractivity (Wildman–Crippen MR) is 85.2 cm³/mol. The number of esters is 1. The zero-order valence-corrected chi connectivity index (χ0v) is 14.9. The van der Waals surface area contributed by atoms with Crippen molar-refractivity contribution in [1.29, 1.82) is 0 Å². The Labute approximate surface area is 134 Å². The molecule has 6 nitrogen and oxygen atoms in total. The number of hydrogen-bond acceptors (Lipinski definition) is 5. The lowest BCUT2D eigenvalue weighted by atomic mass is 10.1. The summed E-state index contributed by atoms with van der Waals surface area (Å²) in [5.74, 6) is -0.727. The van der Waals surface area contributed by atoms with Crippen LogP contribution in [0.25, 0.3) is 0 Å². The van der Waals surface area contributed by atoms with Gasteiger partial charge in [-0.3, -0.25) is 0 Å². The Bertz CT molecular complexity index is 468. The molecular weight excluding hydrogens is 306 g/mol. The van der Waals surface area contributed by atoms with Crippen LogP contribution in [0.3, 0.4) is 0 Å². The van der Waals surface area contributed by atoms with Crippen molar-refractivity contribution in [3.63, 3.8) is 0 Å². The fourth-order valence-corrected chi connectivity index (χ4v) is 3.27. The van der Waals surface area contributed by atoms with Gasteiger partial charge in [-0.15, -0.1) is 0 Å². The van der Waals surface area contributed by atoms with Crippen molar-refractivity contribution >= 4 is 16.1 Å². The summed E-state index contributed by atoms with van der Waals surface area (Å²) in [7, 11) is -4.18. The minimum atomic E-state index is -4.18. The maximum atomic E-state index is 11.3. The fraction of sp³-hybridized carbons (Fsp3) is 0.800. The number of carbonyl (C=O) groups excluding carboxylic acids is 1. The van der Waals surface area contributed by atoms with Crippen molar-refractivity contribution < 1.29 is 27.0 Å². The molecule has 0 radical (unpaired) electrons. The largest absolute Gasteiger partial charge is 0.748 e. The third-order valence-corrected chi connectivity index (χ3v) is 5.05. The van der Waals surface area contributed by atoms with Gasteiger partial charge >= 0.3 is 5.97 Å². The normalized spacial score (nSPS) is 13.7. The Morgan fingerprint density at radius 3 is 2.27 bits per heavy atom. The Balaban J connectivity index is 4.54.